The lowest BCUT2D eigenvalue weighted by atomic mass is 10.0. The van der Waals surface area contributed by atoms with Gasteiger partial charge >= 0.3 is 0 Å². The van der Waals surface area contributed by atoms with Gasteiger partial charge in [0.15, 0.2) is 0 Å². The summed E-state index contributed by atoms with van der Waals surface area (Å²) in [5.41, 5.74) is 8.38. The predicted molar refractivity (Wildman–Crippen MR) is 68.8 cm³/mol. The molecule has 1 rings (SSSR count). The van der Waals surface area contributed by atoms with Crippen LogP contribution in [-0.2, 0) is 0 Å². The molecule has 0 aliphatic heterocycles. The van der Waals surface area contributed by atoms with E-state index in [4.69, 9.17) is 10.5 Å². The fourth-order valence-electron chi connectivity index (χ4n) is 1.50. The summed E-state index contributed by atoms with van der Waals surface area (Å²) in [5, 5.41) is 0. The Balaban J connectivity index is 2.45. The highest BCUT2D eigenvalue weighted by molar-refractivity contribution is 5.35. The van der Waals surface area contributed by atoms with Crippen LogP contribution in [0, 0.1) is 19.8 Å². The Morgan fingerprint density at radius 2 is 1.94 bits per heavy atom. The van der Waals surface area contributed by atoms with Crippen molar-refractivity contribution in [2.45, 2.75) is 40.2 Å². The summed E-state index contributed by atoms with van der Waals surface area (Å²) in [5.74, 6) is 1.50. The first-order chi connectivity index (χ1) is 7.50. The molecular weight excluding hydrogens is 198 g/mol. The first kappa shape index (κ1) is 13.0. The number of aryl methyl sites for hydroxylation is 2. The van der Waals surface area contributed by atoms with E-state index < -0.39 is 0 Å². The van der Waals surface area contributed by atoms with Gasteiger partial charge in [0.25, 0.3) is 0 Å². The van der Waals surface area contributed by atoms with E-state index in [2.05, 4.69) is 45.9 Å². The highest BCUT2D eigenvalue weighted by Gasteiger charge is 2.07. The lowest BCUT2D eigenvalue weighted by Crippen LogP contribution is -2.28. The number of nitrogens with two attached hydrogens (primary N) is 1. The molecule has 0 aliphatic carbocycles. The standard InChI is InChI=1S/C14H23NO/c1-10(2)13(15)7-8-16-14-9-11(3)5-6-12(14)4/h5-6,9-10,13H,7-8,15H2,1-4H3. The van der Waals surface area contributed by atoms with E-state index in [1.54, 1.807) is 0 Å². The van der Waals surface area contributed by atoms with Gasteiger partial charge in [-0.2, -0.15) is 0 Å². The molecule has 2 heteroatoms. The van der Waals surface area contributed by atoms with Crippen LogP contribution >= 0.6 is 0 Å². The molecule has 0 aliphatic rings. The molecule has 1 aromatic rings. The van der Waals surface area contributed by atoms with Crippen LogP contribution in [0.15, 0.2) is 18.2 Å². The molecule has 0 radical (unpaired) electrons. The molecule has 0 saturated heterocycles. The van der Waals surface area contributed by atoms with E-state index in [0.717, 1.165) is 12.2 Å². The van der Waals surface area contributed by atoms with Gasteiger partial charge in [0.2, 0.25) is 0 Å². The van der Waals surface area contributed by atoms with E-state index in [9.17, 15) is 0 Å². The van der Waals surface area contributed by atoms with Gasteiger partial charge in [0, 0.05) is 6.04 Å². The lowest BCUT2D eigenvalue weighted by molar-refractivity contribution is 0.280. The highest BCUT2D eigenvalue weighted by Crippen LogP contribution is 2.19. The second kappa shape index (κ2) is 5.90. The lowest BCUT2D eigenvalue weighted by Gasteiger charge is -2.16. The molecule has 1 aromatic carbocycles. The van der Waals surface area contributed by atoms with Gasteiger partial charge in [0.05, 0.1) is 6.61 Å². The van der Waals surface area contributed by atoms with E-state index in [1.807, 2.05) is 0 Å². The van der Waals surface area contributed by atoms with Crippen molar-refractivity contribution in [3.05, 3.63) is 29.3 Å². The van der Waals surface area contributed by atoms with Crippen molar-refractivity contribution in [2.75, 3.05) is 6.61 Å². The molecule has 2 N–H and O–H groups in total. The smallest absolute Gasteiger partial charge is 0.122 e. The summed E-state index contributed by atoms with van der Waals surface area (Å²) in [6.45, 7) is 9.12. The van der Waals surface area contributed by atoms with Crippen LogP contribution in [0.5, 0.6) is 5.75 Å². The van der Waals surface area contributed by atoms with E-state index in [1.165, 1.54) is 11.1 Å². The Bertz CT molecular complexity index is 334. The van der Waals surface area contributed by atoms with Gasteiger partial charge in [-0.05, 0) is 43.4 Å². The number of benzene rings is 1. The number of rotatable bonds is 5. The third kappa shape index (κ3) is 3.86. The number of hydrogen-bond acceptors (Lipinski definition) is 2. The molecule has 1 unspecified atom stereocenters. The molecule has 0 amide bonds. The predicted octanol–water partition coefficient (Wildman–Crippen LogP) is 3.06. The Kier molecular flexibility index (Phi) is 4.81. The summed E-state index contributed by atoms with van der Waals surface area (Å²) in [6, 6.07) is 6.50. The average Bonchev–Trinajstić information content (AvgIpc) is 2.22. The van der Waals surface area contributed by atoms with Crippen molar-refractivity contribution >= 4 is 0 Å². The van der Waals surface area contributed by atoms with E-state index in [0.29, 0.717) is 12.5 Å². The highest BCUT2D eigenvalue weighted by atomic mass is 16.5. The summed E-state index contributed by atoms with van der Waals surface area (Å²) < 4.78 is 5.76. The zero-order valence-electron chi connectivity index (χ0n) is 10.8. The van der Waals surface area contributed by atoms with Gasteiger partial charge in [0.1, 0.15) is 5.75 Å². The first-order valence-electron chi connectivity index (χ1n) is 5.96. The molecule has 1 atom stereocenters. The molecule has 0 spiro atoms. The Hall–Kier alpha value is -1.02. The summed E-state index contributed by atoms with van der Waals surface area (Å²) in [4.78, 5) is 0. The monoisotopic (exact) mass is 221 g/mol. The van der Waals surface area contributed by atoms with Crippen LogP contribution in [0.25, 0.3) is 0 Å². The average molecular weight is 221 g/mol. The van der Waals surface area contributed by atoms with Gasteiger partial charge in [-0.15, -0.1) is 0 Å². The number of ether oxygens (including phenoxy) is 1. The Labute approximate surface area is 98.8 Å². The zero-order chi connectivity index (χ0) is 12.1. The van der Waals surface area contributed by atoms with Gasteiger partial charge in [-0.25, -0.2) is 0 Å². The van der Waals surface area contributed by atoms with Crippen LogP contribution < -0.4 is 10.5 Å². The van der Waals surface area contributed by atoms with Crippen molar-refractivity contribution < 1.29 is 4.74 Å². The molecule has 0 bridgehead atoms. The molecule has 0 heterocycles. The largest absolute Gasteiger partial charge is 0.493 e. The van der Waals surface area contributed by atoms with Gasteiger partial charge in [-0.1, -0.05) is 26.0 Å². The topological polar surface area (TPSA) is 35.2 Å². The van der Waals surface area contributed by atoms with Crippen LogP contribution in [0.2, 0.25) is 0 Å². The minimum atomic E-state index is 0.227. The summed E-state index contributed by atoms with van der Waals surface area (Å²) >= 11 is 0. The molecule has 0 saturated carbocycles. The second-order valence-corrected chi connectivity index (χ2v) is 4.81. The molecule has 16 heavy (non-hydrogen) atoms. The Morgan fingerprint density at radius 1 is 1.25 bits per heavy atom. The van der Waals surface area contributed by atoms with Crippen LogP contribution in [0.1, 0.15) is 31.4 Å². The summed E-state index contributed by atoms with van der Waals surface area (Å²) in [7, 11) is 0. The minimum Gasteiger partial charge on any atom is -0.493 e. The molecule has 90 valence electrons. The quantitative estimate of drug-likeness (QED) is 0.829. The van der Waals surface area contributed by atoms with Crippen LogP contribution in [0.3, 0.4) is 0 Å². The molecule has 2 nitrogen and oxygen atoms in total. The zero-order valence-corrected chi connectivity index (χ0v) is 10.8. The van der Waals surface area contributed by atoms with Crippen molar-refractivity contribution in [1.29, 1.82) is 0 Å². The second-order valence-electron chi connectivity index (χ2n) is 4.81. The third-order valence-electron chi connectivity index (χ3n) is 2.91. The maximum Gasteiger partial charge on any atom is 0.122 e. The van der Waals surface area contributed by atoms with Crippen LogP contribution in [-0.4, -0.2) is 12.6 Å². The maximum atomic E-state index is 5.97. The summed E-state index contributed by atoms with van der Waals surface area (Å²) in [6.07, 6.45) is 0.908. The van der Waals surface area contributed by atoms with Gasteiger partial charge in [-0.3, -0.25) is 0 Å². The van der Waals surface area contributed by atoms with Gasteiger partial charge < -0.3 is 10.5 Å². The number of hydrogen-bond donors (Lipinski definition) is 1. The van der Waals surface area contributed by atoms with E-state index >= 15 is 0 Å². The van der Waals surface area contributed by atoms with Crippen molar-refractivity contribution in [2.24, 2.45) is 11.7 Å². The molecular formula is C14H23NO. The minimum absolute atomic E-state index is 0.227. The van der Waals surface area contributed by atoms with Crippen molar-refractivity contribution in [3.63, 3.8) is 0 Å². The normalized spacial score (nSPS) is 12.9. The molecule has 0 fully saturated rings. The van der Waals surface area contributed by atoms with Crippen molar-refractivity contribution in [3.8, 4) is 5.75 Å². The fraction of sp³-hybridized carbons (Fsp3) is 0.571. The third-order valence-corrected chi connectivity index (χ3v) is 2.91. The molecule has 0 aromatic heterocycles. The SMILES string of the molecule is Cc1ccc(C)c(OCCC(N)C(C)C)c1. The van der Waals surface area contributed by atoms with E-state index in [-0.39, 0.29) is 6.04 Å². The maximum absolute atomic E-state index is 5.97. The van der Waals surface area contributed by atoms with Crippen LogP contribution in [0.4, 0.5) is 0 Å². The Morgan fingerprint density at radius 3 is 2.56 bits per heavy atom. The fourth-order valence-corrected chi connectivity index (χ4v) is 1.50. The van der Waals surface area contributed by atoms with Crippen molar-refractivity contribution in [1.82, 2.24) is 0 Å². The first-order valence-corrected chi connectivity index (χ1v) is 5.96.